The monoisotopic (exact) mass is 204 g/mol. The summed E-state index contributed by atoms with van der Waals surface area (Å²) in [5.41, 5.74) is 10.2. The van der Waals surface area contributed by atoms with Crippen molar-refractivity contribution in [3.8, 4) is 0 Å². The normalized spacial score (nSPS) is 26.4. The lowest BCUT2D eigenvalue weighted by Gasteiger charge is -2.32. The summed E-state index contributed by atoms with van der Waals surface area (Å²) in [4.78, 5) is 4.27. The molecule has 3 heteroatoms. The highest BCUT2D eigenvalue weighted by molar-refractivity contribution is 7.16. The molecule has 0 aliphatic heterocycles. The molecule has 0 saturated heterocycles. The molecule has 0 atom stereocenters. The Labute approximate surface area is 86.8 Å². The Kier molecular flexibility index (Phi) is 1.82. The first kappa shape index (κ1) is 8.38. The van der Waals surface area contributed by atoms with Crippen LogP contribution in [0.5, 0.6) is 0 Å². The fourth-order valence-corrected chi connectivity index (χ4v) is 2.79. The van der Waals surface area contributed by atoms with Crippen molar-refractivity contribution in [1.82, 2.24) is 4.98 Å². The molecule has 72 valence electrons. The molecule has 14 heavy (non-hydrogen) atoms. The lowest BCUT2D eigenvalue weighted by Crippen LogP contribution is -2.34. The summed E-state index contributed by atoms with van der Waals surface area (Å²) < 4.78 is 1.29. The molecule has 1 aromatic carbocycles. The third-order valence-electron chi connectivity index (χ3n) is 3.00. The van der Waals surface area contributed by atoms with Crippen LogP contribution in [0.15, 0.2) is 23.7 Å². The molecular formula is C11H12N2S. The smallest absolute Gasteiger partial charge is 0.0812 e. The number of benzene rings is 1. The van der Waals surface area contributed by atoms with Gasteiger partial charge in [0.05, 0.1) is 15.7 Å². The average Bonchev–Trinajstić information content (AvgIpc) is 2.59. The Hall–Kier alpha value is -0.930. The van der Waals surface area contributed by atoms with Crippen LogP contribution in [0.25, 0.3) is 10.2 Å². The van der Waals surface area contributed by atoms with Crippen LogP contribution < -0.4 is 5.73 Å². The molecule has 3 rings (SSSR count). The van der Waals surface area contributed by atoms with Crippen LogP contribution in [-0.4, -0.2) is 11.0 Å². The first-order valence-corrected chi connectivity index (χ1v) is 5.79. The van der Waals surface area contributed by atoms with Gasteiger partial charge in [-0.3, -0.25) is 0 Å². The molecule has 0 spiro atoms. The molecule has 1 heterocycles. The fourth-order valence-electron chi connectivity index (χ4n) is 2.06. The van der Waals surface area contributed by atoms with Crippen molar-refractivity contribution in [3.63, 3.8) is 0 Å². The highest BCUT2D eigenvalue weighted by Gasteiger charge is 2.27. The zero-order valence-electron chi connectivity index (χ0n) is 7.81. The predicted octanol–water partition coefficient (Wildman–Crippen LogP) is 2.50. The topological polar surface area (TPSA) is 38.9 Å². The highest BCUT2D eigenvalue weighted by atomic mass is 32.1. The van der Waals surface area contributed by atoms with Crippen molar-refractivity contribution in [2.45, 2.75) is 24.8 Å². The fraction of sp³-hybridized carbons (Fsp3) is 0.364. The number of nitrogens with two attached hydrogens (primary N) is 1. The maximum absolute atomic E-state index is 5.79. The van der Waals surface area contributed by atoms with Crippen LogP contribution in [0.1, 0.15) is 24.3 Å². The average molecular weight is 204 g/mol. The number of nitrogens with zero attached hydrogens (tertiary/aromatic N) is 1. The Morgan fingerprint density at radius 3 is 3.00 bits per heavy atom. The van der Waals surface area contributed by atoms with Gasteiger partial charge in [0, 0.05) is 6.04 Å². The Morgan fingerprint density at radius 2 is 2.21 bits per heavy atom. The molecule has 2 N–H and O–H groups in total. The molecular weight excluding hydrogens is 192 g/mol. The maximum Gasteiger partial charge on any atom is 0.0812 e. The first-order valence-electron chi connectivity index (χ1n) is 4.91. The van der Waals surface area contributed by atoms with Crippen molar-refractivity contribution in [2.75, 3.05) is 0 Å². The number of hydrogen-bond acceptors (Lipinski definition) is 3. The summed E-state index contributed by atoms with van der Waals surface area (Å²) in [7, 11) is 0. The van der Waals surface area contributed by atoms with Crippen LogP contribution in [0.4, 0.5) is 0 Å². The van der Waals surface area contributed by atoms with E-state index in [0.717, 1.165) is 18.4 Å². The third kappa shape index (κ3) is 1.24. The van der Waals surface area contributed by atoms with Gasteiger partial charge in [0.25, 0.3) is 0 Å². The Bertz CT molecular complexity index is 457. The second-order valence-corrected chi connectivity index (χ2v) is 4.89. The van der Waals surface area contributed by atoms with Crippen LogP contribution in [-0.2, 0) is 0 Å². The second-order valence-electron chi connectivity index (χ2n) is 4.01. The van der Waals surface area contributed by atoms with Crippen LogP contribution >= 0.6 is 11.3 Å². The minimum Gasteiger partial charge on any atom is -0.328 e. The summed E-state index contributed by atoms with van der Waals surface area (Å²) in [6.07, 6.45) is 2.29. The molecule has 2 aromatic rings. The molecule has 1 aromatic heterocycles. The first-order chi connectivity index (χ1) is 6.83. The molecule has 1 fully saturated rings. The van der Waals surface area contributed by atoms with E-state index in [0.29, 0.717) is 12.0 Å². The minimum absolute atomic E-state index is 0.428. The molecule has 1 saturated carbocycles. The standard InChI is InChI=1S/C11H12N2S/c12-9-3-8(4-9)7-1-2-10-11(5-7)14-6-13-10/h1-2,5-6,8-9H,3-4,12H2. The van der Waals surface area contributed by atoms with Gasteiger partial charge in [-0.1, -0.05) is 6.07 Å². The SMILES string of the molecule is NC1CC(c2ccc3ncsc3c2)C1. The van der Waals surface area contributed by atoms with E-state index in [1.807, 2.05) is 5.51 Å². The number of fused-ring (bicyclic) bond motifs is 1. The molecule has 0 amide bonds. The van der Waals surface area contributed by atoms with Gasteiger partial charge in [-0.25, -0.2) is 4.98 Å². The van der Waals surface area contributed by atoms with Crippen LogP contribution in [0.2, 0.25) is 0 Å². The maximum atomic E-state index is 5.79. The highest BCUT2D eigenvalue weighted by Crippen LogP contribution is 2.37. The Morgan fingerprint density at radius 1 is 1.36 bits per heavy atom. The van der Waals surface area contributed by atoms with E-state index in [1.165, 1.54) is 10.3 Å². The Balaban J connectivity index is 1.97. The number of thiazole rings is 1. The van der Waals surface area contributed by atoms with Crippen molar-refractivity contribution in [1.29, 1.82) is 0 Å². The van der Waals surface area contributed by atoms with Crippen molar-refractivity contribution < 1.29 is 0 Å². The molecule has 1 aliphatic rings. The molecule has 1 aliphatic carbocycles. The van der Waals surface area contributed by atoms with Gasteiger partial charge in [0.2, 0.25) is 0 Å². The summed E-state index contributed by atoms with van der Waals surface area (Å²) in [6, 6.07) is 7.00. The van der Waals surface area contributed by atoms with Gasteiger partial charge in [0.1, 0.15) is 0 Å². The second kappa shape index (κ2) is 3.04. The van der Waals surface area contributed by atoms with Gasteiger partial charge >= 0.3 is 0 Å². The van der Waals surface area contributed by atoms with Crippen molar-refractivity contribution >= 4 is 21.6 Å². The van der Waals surface area contributed by atoms with Crippen LogP contribution in [0, 0.1) is 0 Å². The lowest BCUT2D eigenvalue weighted by atomic mass is 9.76. The third-order valence-corrected chi connectivity index (χ3v) is 3.79. The van der Waals surface area contributed by atoms with E-state index < -0.39 is 0 Å². The van der Waals surface area contributed by atoms with E-state index >= 15 is 0 Å². The van der Waals surface area contributed by atoms with Crippen LogP contribution in [0.3, 0.4) is 0 Å². The van der Waals surface area contributed by atoms with E-state index in [4.69, 9.17) is 5.73 Å². The van der Waals surface area contributed by atoms with Gasteiger partial charge in [0.15, 0.2) is 0 Å². The number of rotatable bonds is 1. The summed E-state index contributed by atoms with van der Waals surface area (Å²) >= 11 is 1.71. The summed E-state index contributed by atoms with van der Waals surface area (Å²) in [5, 5.41) is 0. The van der Waals surface area contributed by atoms with Gasteiger partial charge < -0.3 is 5.73 Å². The minimum atomic E-state index is 0.428. The molecule has 0 radical (unpaired) electrons. The largest absolute Gasteiger partial charge is 0.328 e. The predicted molar refractivity (Wildman–Crippen MR) is 59.6 cm³/mol. The summed E-state index contributed by atoms with van der Waals surface area (Å²) in [5.74, 6) is 0.691. The quantitative estimate of drug-likeness (QED) is 0.775. The van der Waals surface area contributed by atoms with E-state index in [9.17, 15) is 0 Å². The lowest BCUT2D eigenvalue weighted by molar-refractivity contribution is 0.352. The number of hydrogen-bond donors (Lipinski definition) is 1. The summed E-state index contributed by atoms with van der Waals surface area (Å²) in [6.45, 7) is 0. The van der Waals surface area contributed by atoms with Crippen molar-refractivity contribution in [3.05, 3.63) is 29.3 Å². The van der Waals surface area contributed by atoms with Gasteiger partial charge in [-0.2, -0.15) is 0 Å². The van der Waals surface area contributed by atoms with E-state index in [1.54, 1.807) is 11.3 Å². The number of aromatic nitrogens is 1. The van der Waals surface area contributed by atoms with E-state index in [2.05, 4.69) is 23.2 Å². The van der Waals surface area contributed by atoms with E-state index in [-0.39, 0.29) is 0 Å². The van der Waals surface area contributed by atoms with Gasteiger partial charge in [-0.05, 0) is 36.5 Å². The molecule has 0 bridgehead atoms. The zero-order valence-corrected chi connectivity index (χ0v) is 8.63. The van der Waals surface area contributed by atoms with Gasteiger partial charge in [-0.15, -0.1) is 11.3 Å². The van der Waals surface area contributed by atoms with Crippen molar-refractivity contribution in [2.24, 2.45) is 5.73 Å². The zero-order chi connectivity index (χ0) is 9.54. The molecule has 2 nitrogen and oxygen atoms in total. The molecule has 0 unspecified atom stereocenters.